The summed E-state index contributed by atoms with van der Waals surface area (Å²) >= 11 is 0. The molecule has 1 aromatic carbocycles. The van der Waals surface area contributed by atoms with E-state index in [9.17, 15) is 9.18 Å². The summed E-state index contributed by atoms with van der Waals surface area (Å²) in [6.07, 6.45) is 1.96. The molecular weight excluding hydrogens is 219 g/mol. The van der Waals surface area contributed by atoms with Gasteiger partial charge in [0, 0.05) is 24.7 Å². The van der Waals surface area contributed by atoms with Crippen LogP contribution in [0.1, 0.15) is 25.3 Å². The second-order valence-corrected chi connectivity index (χ2v) is 4.70. The molecule has 1 fully saturated rings. The minimum Gasteiger partial charge on any atom is -0.399 e. The predicted octanol–water partition coefficient (Wildman–Crippen LogP) is 2.17. The van der Waals surface area contributed by atoms with Crippen LogP contribution in [-0.4, -0.2) is 17.4 Å². The van der Waals surface area contributed by atoms with Crippen LogP contribution in [0.5, 0.6) is 0 Å². The molecule has 1 aliphatic rings. The fourth-order valence-corrected chi connectivity index (χ4v) is 2.28. The molecule has 1 saturated heterocycles. The number of nitrogen functional groups attached to an aromatic ring is 1. The summed E-state index contributed by atoms with van der Waals surface area (Å²) < 4.78 is 13.2. The highest BCUT2D eigenvalue weighted by Crippen LogP contribution is 2.20. The number of hydrogen-bond donors (Lipinski definition) is 1. The molecular formula is C13H17FN2O. The lowest BCUT2D eigenvalue weighted by molar-refractivity contribution is -0.138. The van der Waals surface area contributed by atoms with Crippen molar-refractivity contribution in [3.63, 3.8) is 0 Å². The summed E-state index contributed by atoms with van der Waals surface area (Å²) in [5.41, 5.74) is 6.74. The minimum atomic E-state index is -0.350. The SMILES string of the molecule is CC1CCCN(Cc2cc(N)cc(F)c2)C1=O. The van der Waals surface area contributed by atoms with Crippen LogP contribution in [0.2, 0.25) is 0 Å². The number of amides is 1. The number of halogens is 1. The summed E-state index contributed by atoms with van der Waals surface area (Å²) in [5.74, 6) is -0.119. The fraction of sp³-hybridized carbons (Fsp3) is 0.462. The van der Waals surface area contributed by atoms with Gasteiger partial charge in [-0.05, 0) is 36.6 Å². The van der Waals surface area contributed by atoms with Crippen molar-refractivity contribution in [2.45, 2.75) is 26.3 Å². The number of carbonyl (C=O) groups excluding carboxylic acids is 1. The Morgan fingerprint density at radius 2 is 2.24 bits per heavy atom. The van der Waals surface area contributed by atoms with Gasteiger partial charge in [-0.2, -0.15) is 0 Å². The second-order valence-electron chi connectivity index (χ2n) is 4.70. The number of likely N-dealkylation sites (tertiary alicyclic amines) is 1. The van der Waals surface area contributed by atoms with E-state index in [0.717, 1.165) is 24.9 Å². The van der Waals surface area contributed by atoms with Gasteiger partial charge >= 0.3 is 0 Å². The third kappa shape index (κ3) is 2.75. The van der Waals surface area contributed by atoms with Crippen molar-refractivity contribution >= 4 is 11.6 Å². The Kier molecular flexibility index (Phi) is 3.31. The number of benzene rings is 1. The van der Waals surface area contributed by atoms with E-state index in [4.69, 9.17) is 5.73 Å². The van der Waals surface area contributed by atoms with E-state index in [1.165, 1.54) is 12.1 Å². The number of nitrogens with two attached hydrogens (primary N) is 1. The minimum absolute atomic E-state index is 0.0784. The average Bonchev–Trinajstić information content (AvgIpc) is 2.23. The standard InChI is InChI=1S/C13H17FN2O/c1-9-3-2-4-16(13(9)17)8-10-5-11(14)7-12(15)6-10/h5-7,9H,2-4,8,15H2,1H3. The Morgan fingerprint density at radius 3 is 2.94 bits per heavy atom. The zero-order chi connectivity index (χ0) is 12.4. The molecule has 1 aromatic rings. The van der Waals surface area contributed by atoms with Gasteiger partial charge in [0.25, 0.3) is 0 Å². The van der Waals surface area contributed by atoms with E-state index >= 15 is 0 Å². The van der Waals surface area contributed by atoms with Gasteiger partial charge in [-0.3, -0.25) is 4.79 Å². The molecule has 1 aliphatic heterocycles. The van der Waals surface area contributed by atoms with Crippen LogP contribution in [0.3, 0.4) is 0 Å². The molecule has 1 unspecified atom stereocenters. The Hall–Kier alpha value is -1.58. The van der Waals surface area contributed by atoms with Gasteiger partial charge in [0.2, 0.25) is 5.91 Å². The lowest BCUT2D eigenvalue weighted by Gasteiger charge is -2.30. The first-order chi connectivity index (χ1) is 8.06. The Bertz CT molecular complexity index is 413. The molecule has 0 bridgehead atoms. The summed E-state index contributed by atoms with van der Waals surface area (Å²) in [6.45, 7) is 3.14. The molecule has 92 valence electrons. The molecule has 0 aromatic heterocycles. The molecule has 17 heavy (non-hydrogen) atoms. The molecule has 2 N–H and O–H groups in total. The van der Waals surface area contributed by atoms with Crippen LogP contribution in [0.4, 0.5) is 10.1 Å². The summed E-state index contributed by atoms with van der Waals surface area (Å²) in [4.78, 5) is 13.7. The third-order valence-corrected chi connectivity index (χ3v) is 3.15. The monoisotopic (exact) mass is 236 g/mol. The average molecular weight is 236 g/mol. The van der Waals surface area contributed by atoms with E-state index in [1.807, 2.05) is 6.92 Å². The lowest BCUT2D eigenvalue weighted by Crippen LogP contribution is -2.39. The second kappa shape index (κ2) is 4.73. The van der Waals surface area contributed by atoms with Crippen LogP contribution in [0.15, 0.2) is 18.2 Å². The van der Waals surface area contributed by atoms with Gasteiger partial charge in [-0.25, -0.2) is 4.39 Å². The molecule has 1 heterocycles. The highest BCUT2D eigenvalue weighted by Gasteiger charge is 2.24. The highest BCUT2D eigenvalue weighted by atomic mass is 19.1. The molecule has 3 nitrogen and oxygen atoms in total. The maximum Gasteiger partial charge on any atom is 0.225 e. The fourth-order valence-electron chi connectivity index (χ4n) is 2.28. The van der Waals surface area contributed by atoms with Crippen molar-refractivity contribution in [3.8, 4) is 0 Å². The van der Waals surface area contributed by atoms with E-state index in [-0.39, 0.29) is 17.6 Å². The molecule has 0 aliphatic carbocycles. The van der Waals surface area contributed by atoms with Crippen molar-refractivity contribution in [1.82, 2.24) is 4.90 Å². The molecule has 0 spiro atoms. The summed E-state index contributed by atoms with van der Waals surface area (Å²) in [5, 5.41) is 0. The maximum atomic E-state index is 13.2. The van der Waals surface area contributed by atoms with Gasteiger partial charge in [0.1, 0.15) is 5.82 Å². The molecule has 1 atom stereocenters. The van der Waals surface area contributed by atoms with E-state index in [1.54, 1.807) is 11.0 Å². The Balaban J connectivity index is 2.12. The number of nitrogens with zero attached hydrogens (tertiary/aromatic N) is 1. The van der Waals surface area contributed by atoms with Crippen LogP contribution >= 0.6 is 0 Å². The summed E-state index contributed by atoms with van der Waals surface area (Å²) in [7, 11) is 0. The quantitative estimate of drug-likeness (QED) is 0.800. The van der Waals surface area contributed by atoms with E-state index in [0.29, 0.717) is 12.2 Å². The smallest absolute Gasteiger partial charge is 0.225 e. The van der Waals surface area contributed by atoms with Crippen molar-refractivity contribution in [2.75, 3.05) is 12.3 Å². The maximum absolute atomic E-state index is 13.2. The molecule has 0 radical (unpaired) electrons. The highest BCUT2D eigenvalue weighted by molar-refractivity contribution is 5.79. The number of hydrogen-bond acceptors (Lipinski definition) is 2. The predicted molar refractivity (Wildman–Crippen MR) is 64.6 cm³/mol. The topological polar surface area (TPSA) is 46.3 Å². The first-order valence-corrected chi connectivity index (χ1v) is 5.90. The Labute approximate surface area is 100 Å². The first-order valence-electron chi connectivity index (χ1n) is 5.90. The largest absolute Gasteiger partial charge is 0.399 e. The number of anilines is 1. The van der Waals surface area contributed by atoms with Crippen LogP contribution in [0.25, 0.3) is 0 Å². The molecule has 4 heteroatoms. The van der Waals surface area contributed by atoms with Crippen LogP contribution < -0.4 is 5.73 Å². The van der Waals surface area contributed by atoms with E-state index in [2.05, 4.69) is 0 Å². The van der Waals surface area contributed by atoms with Crippen molar-refractivity contribution in [3.05, 3.63) is 29.6 Å². The third-order valence-electron chi connectivity index (χ3n) is 3.15. The van der Waals surface area contributed by atoms with Crippen molar-refractivity contribution in [2.24, 2.45) is 5.92 Å². The summed E-state index contributed by atoms with van der Waals surface area (Å²) in [6, 6.07) is 4.43. The zero-order valence-corrected chi connectivity index (χ0v) is 9.95. The van der Waals surface area contributed by atoms with Gasteiger partial charge in [0.05, 0.1) is 0 Å². The number of piperidine rings is 1. The van der Waals surface area contributed by atoms with Gasteiger partial charge in [0.15, 0.2) is 0 Å². The van der Waals surface area contributed by atoms with Crippen LogP contribution in [0, 0.1) is 11.7 Å². The van der Waals surface area contributed by atoms with E-state index < -0.39 is 0 Å². The van der Waals surface area contributed by atoms with Crippen molar-refractivity contribution in [1.29, 1.82) is 0 Å². The number of rotatable bonds is 2. The molecule has 0 saturated carbocycles. The zero-order valence-electron chi connectivity index (χ0n) is 9.95. The van der Waals surface area contributed by atoms with Gasteiger partial charge in [-0.15, -0.1) is 0 Å². The molecule has 1 amide bonds. The molecule has 2 rings (SSSR count). The lowest BCUT2D eigenvalue weighted by atomic mass is 9.98. The Morgan fingerprint density at radius 1 is 1.47 bits per heavy atom. The number of carbonyl (C=O) groups is 1. The van der Waals surface area contributed by atoms with Gasteiger partial charge < -0.3 is 10.6 Å². The normalized spacial score (nSPS) is 20.7. The van der Waals surface area contributed by atoms with Crippen LogP contribution in [-0.2, 0) is 11.3 Å². The van der Waals surface area contributed by atoms with Crippen molar-refractivity contribution < 1.29 is 9.18 Å². The first kappa shape index (κ1) is 11.9. The van der Waals surface area contributed by atoms with Gasteiger partial charge in [-0.1, -0.05) is 6.92 Å².